The first kappa shape index (κ1) is 14.5. The zero-order chi connectivity index (χ0) is 14.7. The number of nitrogens with one attached hydrogen (secondary N) is 1. The predicted octanol–water partition coefficient (Wildman–Crippen LogP) is 3.81. The van der Waals surface area contributed by atoms with E-state index in [1.165, 1.54) is 70.9 Å². The predicted molar refractivity (Wildman–Crippen MR) is 88.4 cm³/mol. The minimum absolute atomic E-state index is 0.487. The molecular weight excluding hydrogens is 256 g/mol. The quantitative estimate of drug-likeness (QED) is 0.850. The van der Waals surface area contributed by atoms with Crippen LogP contribution in [0.1, 0.15) is 71.6 Å². The summed E-state index contributed by atoms with van der Waals surface area (Å²) in [6.45, 7) is 7.70. The minimum atomic E-state index is 0.487. The second-order valence-electron chi connectivity index (χ2n) is 9.92. The van der Waals surface area contributed by atoms with Crippen LogP contribution in [-0.2, 0) is 0 Å². The maximum atomic E-state index is 4.14. The summed E-state index contributed by atoms with van der Waals surface area (Å²) in [5, 5.41) is 4.14. The molecule has 3 unspecified atom stereocenters. The Kier molecular flexibility index (Phi) is 3.25. The molecule has 1 aliphatic heterocycles. The average molecular weight is 290 g/mol. The number of piperidine rings is 1. The molecule has 0 aromatic carbocycles. The number of hydrogen-bond acceptors (Lipinski definition) is 2. The van der Waals surface area contributed by atoms with Gasteiger partial charge in [-0.3, -0.25) is 0 Å². The van der Waals surface area contributed by atoms with Gasteiger partial charge in [0.05, 0.1) is 0 Å². The molecule has 0 radical (unpaired) electrons. The van der Waals surface area contributed by atoms with Crippen molar-refractivity contribution in [3.8, 4) is 0 Å². The molecule has 4 saturated carbocycles. The van der Waals surface area contributed by atoms with Crippen LogP contribution in [-0.4, -0.2) is 36.6 Å². The SMILES string of the molecule is CN1CCCCC1CNC12CC3CC(C)(CC(C)(C3)C1)C2. The van der Waals surface area contributed by atoms with Gasteiger partial charge in [0.2, 0.25) is 0 Å². The third-order valence-corrected chi connectivity index (χ3v) is 7.26. The second-order valence-corrected chi connectivity index (χ2v) is 9.92. The fraction of sp³-hybridized carbons (Fsp3) is 1.00. The van der Waals surface area contributed by atoms with Gasteiger partial charge < -0.3 is 10.2 Å². The molecule has 0 aromatic rings. The van der Waals surface area contributed by atoms with Crippen LogP contribution in [0.4, 0.5) is 0 Å². The molecule has 0 aromatic heterocycles. The molecule has 21 heavy (non-hydrogen) atoms. The fourth-order valence-electron chi connectivity index (χ4n) is 7.38. The van der Waals surface area contributed by atoms with E-state index in [1.54, 1.807) is 0 Å². The monoisotopic (exact) mass is 290 g/mol. The van der Waals surface area contributed by atoms with Crippen LogP contribution in [0.15, 0.2) is 0 Å². The summed E-state index contributed by atoms with van der Waals surface area (Å²) < 4.78 is 0. The van der Waals surface area contributed by atoms with Crippen molar-refractivity contribution in [1.29, 1.82) is 0 Å². The Morgan fingerprint density at radius 1 is 1.00 bits per heavy atom. The van der Waals surface area contributed by atoms with E-state index >= 15 is 0 Å². The highest BCUT2D eigenvalue weighted by atomic mass is 15.2. The fourth-order valence-corrected chi connectivity index (χ4v) is 7.38. The molecule has 5 aliphatic rings. The molecule has 4 aliphatic carbocycles. The number of rotatable bonds is 3. The summed E-state index contributed by atoms with van der Waals surface area (Å²) in [4.78, 5) is 2.60. The molecule has 0 amide bonds. The number of nitrogens with zero attached hydrogens (tertiary/aromatic N) is 1. The highest BCUT2D eigenvalue weighted by Crippen LogP contribution is 2.66. The zero-order valence-electron chi connectivity index (χ0n) is 14.4. The van der Waals surface area contributed by atoms with Gasteiger partial charge in [-0.05, 0) is 81.7 Å². The third-order valence-electron chi connectivity index (χ3n) is 7.26. The van der Waals surface area contributed by atoms with Gasteiger partial charge in [0.1, 0.15) is 0 Å². The van der Waals surface area contributed by atoms with Gasteiger partial charge in [-0.1, -0.05) is 20.3 Å². The van der Waals surface area contributed by atoms with Gasteiger partial charge in [-0.25, -0.2) is 0 Å². The van der Waals surface area contributed by atoms with E-state index in [2.05, 4.69) is 31.1 Å². The minimum Gasteiger partial charge on any atom is -0.310 e. The van der Waals surface area contributed by atoms with Crippen molar-refractivity contribution in [2.45, 2.75) is 83.2 Å². The van der Waals surface area contributed by atoms with Gasteiger partial charge in [0.15, 0.2) is 0 Å². The van der Waals surface area contributed by atoms with Crippen LogP contribution in [0.25, 0.3) is 0 Å². The van der Waals surface area contributed by atoms with Crippen molar-refractivity contribution < 1.29 is 0 Å². The van der Waals surface area contributed by atoms with E-state index < -0.39 is 0 Å². The van der Waals surface area contributed by atoms with Crippen molar-refractivity contribution >= 4 is 0 Å². The van der Waals surface area contributed by atoms with E-state index in [1.807, 2.05) is 0 Å². The summed E-state index contributed by atoms with van der Waals surface area (Å²) in [6, 6.07) is 0.785. The Morgan fingerprint density at radius 3 is 2.33 bits per heavy atom. The zero-order valence-corrected chi connectivity index (χ0v) is 14.4. The molecule has 2 heteroatoms. The summed E-state index contributed by atoms with van der Waals surface area (Å²) in [7, 11) is 2.33. The van der Waals surface area contributed by atoms with Crippen molar-refractivity contribution in [1.82, 2.24) is 10.2 Å². The lowest BCUT2D eigenvalue weighted by atomic mass is 9.43. The molecule has 1 N–H and O–H groups in total. The topological polar surface area (TPSA) is 15.3 Å². The van der Waals surface area contributed by atoms with Gasteiger partial charge in [0, 0.05) is 18.1 Å². The Morgan fingerprint density at radius 2 is 1.71 bits per heavy atom. The first-order valence-electron chi connectivity index (χ1n) is 9.35. The highest BCUT2D eigenvalue weighted by Gasteiger charge is 2.59. The van der Waals surface area contributed by atoms with Crippen molar-refractivity contribution in [2.75, 3.05) is 20.1 Å². The summed E-state index contributed by atoms with van der Waals surface area (Å²) in [5.74, 6) is 1.01. The first-order valence-corrected chi connectivity index (χ1v) is 9.35. The van der Waals surface area contributed by atoms with Gasteiger partial charge in [-0.15, -0.1) is 0 Å². The molecule has 1 saturated heterocycles. The normalized spacial score (nSPS) is 53.3. The standard InChI is InChI=1S/C19H34N2/c1-17-8-15-9-18(2,12-17)14-19(10-15,13-17)20-11-16-6-4-5-7-21(16)3/h15-16,20H,4-14H2,1-3H3. The van der Waals surface area contributed by atoms with E-state index in [9.17, 15) is 0 Å². The third kappa shape index (κ3) is 2.57. The summed E-state index contributed by atoms with van der Waals surface area (Å²) in [6.07, 6.45) is 13.1. The van der Waals surface area contributed by atoms with Crippen LogP contribution in [0.3, 0.4) is 0 Å². The van der Waals surface area contributed by atoms with Crippen LogP contribution < -0.4 is 5.32 Å². The molecule has 1 heterocycles. The number of likely N-dealkylation sites (tertiary alicyclic amines) is 1. The Hall–Kier alpha value is -0.0800. The molecule has 4 bridgehead atoms. The highest BCUT2D eigenvalue weighted by molar-refractivity contribution is 5.14. The van der Waals surface area contributed by atoms with E-state index in [4.69, 9.17) is 0 Å². The van der Waals surface area contributed by atoms with Crippen molar-refractivity contribution in [3.63, 3.8) is 0 Å². The molecule has 0 spiro atoms. The summed E-state index contributed by atoms with van der Waals surface area (Å²) in [5.41, 5.74) is 1.76. The van der Waals surface area contributed by atoms with Gasteiger partial charge in [-0.2, -0.15) is 0 Å². The maximum absolute atomic E-state index is 4.14. The molecule has 2 nitrogen and oxygen atoms in total. The summed E-state index contributed by atoms with van der Waals surface area (Å²) >= 11 is 0. The molecule has 5 fully saturated rings. The molecule has 5 rings (SSSR count). The van der Waals surface area contributed by atoms with E-state index in [-0.39, 0.29) is 0 Å². The first-order chi connectivity index (χ1) is 9.90. The molecule has 3 atom stereocenters. The van der Waals surface area contributed by atoms with Crippen LogP contribution in [0.2, 0.25) is 0 Å². The van der Waals surface area contributed by atoms with E-state index in [0.717, 1.165) is 12.0 Å². The number of hydrogen-bond donors (Lipinski definition) is 1. The smallest absolute Gasteiger partial charge is 0.0217 e. The lowest BCUT2D eigenvalue weighted by molar-refractivity contribution is -0.119. The molecular formula is C19H34N2. The van der Waals surface area contributed by atoms with Crippen molar-refractivity contribution in [2.24, 2.45) is 16.7 Å². The van der Waals surface area contributed by atoms with Gasteiger partial charge in [0.25, 0.3) is 0 Å². The number of likely N-dealkylation sites (N-methyl/N-ethyl adjacent to an activating group) is 1. The van der Waals surface area contributed by atoms with Crippen molar-refractivity contribution in [3.05, 3.63) is 0 Å². The maximum Gasteiger partial charge on any atom is 0.0217 e. The lowest BCUT2D eigenvalue weighted by Crippen LogP contribution is -2.65. The molecule has 120 valence electrons. The Labute approximate surface area is 131 Å². The van der Waals surface area contributed by atoms with Crippen LogP contribution >= 0.6 is 0 Å². The Bertz CT molecular complexity index is 400. The van der Waals surface area contributed by atoms with Crippen LogP contribution in [0, 0.1) is 16.7 Å². The Balaban J connectivity index is 1.47. The largest absolute Gasteiger partial charge is 0.310 e. The average Bonchev–Trinajstić information content (AvgIpc) is 2.33. The van der Waals surface area contributed by atoms with Crippen LogP contribution in [0.5, 0.6) is 0 Å². The lowest BCUT2D eigenvalue weighted by Gasteiger charge is -2.65. The van der Waals surface area contributed by atoms with E-state index in [0.29, 0.717) is 16.4 Å². The van der Waals surface area contributed by atoms with Gasteiger partial charge >= 0.3 is 0 Å². The second kappa shape index (κ2) is 4.71.